The van der Waals surface area contributed by atoms with Crippen LogP contribution >= 0.6 is 7.82 Å². The van der Waals surface area contributed by atoms with Crippen molar-refractivity contribution in [2.75, 3.05) is 40.9 Å². The van der Waals surface area contributed by atoms with E-state index in [1.165, 1.54) is 321 Å². The number of hydrogen-bond acceptors (Lipinski definition) is 6. The number of nitrogens with zero attached hydrogens (tertiary/aromatic N) is 1. The molecule has 0 aliphatic rings. The van der Waals surface area contributed by atoms with Crippen molar-refractivity contribution in [3.8, 4) is 0 Å². The van der Waals surface area contributed by atoms with E-state index in [2.05, 4.69) is 67.8 Å². The number of allylic oxidation sites excluding steroid dienone is 9. The Morgan fingerprint density at radius 2 is 0.670 bits per heavy atom. The number of nitrogens with one attached hydrogen (secondary N) is 1. The van der Waals surface area contributed by atoms with Gasteiger partial charge in [0.25, 0.3) is 7.82 Å². The number of phosphoric acid groups is 1. The summed E-state index contributed by atoms with van der Waals surface area (Å²) in [7, 11) is 1.28. The van der Waals surface area contributed by atoms with Crippen LogP contribution in [0.2, 0.25) is 0 Å². The molecule has 3 atom stereocenters. The van der Waals surface area contributed by atoms with Crippen molar-refractivity contribution < 1.29 is 32.9 Å². The molecule has 91 heavy (non-hydrogen) atoms. The van der Waals surface area contributed by atoms with E-state index < -0.39 is 20.0 Å². The van der Waals surface area contributed by atoms with Gasteiger partial charge in [-0.25, -0.2) is 0 Å². The molecule has 0 aromatic carbocycles. The predicted molar refractivity (Wildman–Crippen MR) is 399 cm³/mol. The zero-order valence-electron chi connectivity index (χ0n) is 61.6. The lowest BCUT2D eigenvalue weighted by Crippen LogP contribution is -2.45. The average Bonchev–Trinajstić information content (AvgIpc) is 3.58. The van der Waals surface area contributed by atoms with E-state index in [0.29, 0.717) is 17.4 Å². The third-order valence-electron chi connectivity index (χ3n) is 18.5. The van der Waals surface area contributed by atoms with E-state index in [0.717, 1.165) is 64.2 Å². The molecule has 3 unspecified atom stereocenters. The molecule has 0 spiro atoms. The first kappa shape index (κ1) is 89.2. The molecular weight excluding hydrogens is 1140 g/mol. The van der Waals surface area contributed by atoms with Crippen LogP contribution in [-0.4, -0.2) is 68.5 Å². The molecule has 0 rings (SSSR count). The maximum Gasteiger partial charge on any atom is 0.268 e. The second-order valence-electron chi connectivity index (χ2n) is 28.7. The second-order valence-corrected chi connectivity index (χ2v) is 30.2. The monoisotopic (exact) mass is 1300 g/mol. The number of aliphatic hydroxyl groups excluding tert-OH is 1. The maximum atomic E-state index is 13.1. The van der Waals surface area contributed by atoms with E-state index in [1.54, 1.807) is 6.08 Å². The molecular formula is C82H157N2O6P. The maximum absolute atomic E-state index is 13.1. The Bertz CT molecular complexity index is 1670. The molecule has 536 valence electrons. The van der Waals surface area contributed by atoms with Gasteiger partial charge >= 0.3 is 0 Å². The largest absolute Gasteiger partial charge is 0.756 e. The van der Waals surface area contributed by atoms with Crippen LogP contribution in [0.3, 0.4) is 0 Å². The number of hydrogen-bond donors (Lipinski definition) is 2. The number of carbonyl (C=O) groups is 1. The van der Waals surface area contributed by atoms with Gasteiger partial charge in [-0.05, 0) is 57.8 Å². The van der Waals surface area contributed by atoms with Gasteiger partial charge in [0, 0.05) is 6.42 Å². The van der Waals surface area contributed by atoms with E-state index in [4.69, 9.17) is 9.05 Å². The van der Waals surface area contributed by atoms with Gasteiger partial charge in [0.1, 0.15) is 13.2 Å². The highest BCUT2D eigenvalue weighted by Crippen LogP contribution is 2.38. The number of amides is 1. The van der Waals surface area contributed by atoms with Gasteiger partial charge in [-0.1, -0.05) is 402 Å². The first-order chi connectivity index (χ1) is 44.5. The molecule has 0 aliphatic heterocycles. The van der Waals surface area contributed by atoms with E-state index in [-0.39, 0.29) is 19.1 Å². The fourth-order valence-electron chi connectivity index (χ4n) is 12.3. The van der Waals surface area contributed by atoms with Crippen LogP contribution < -0.4 is 10.2 Å². The minimum Gasteiger partial charge on any atom is -0.756 e. The highest BCUT2D eigenvalue weighted by atomic mass is 31.2. The minimum absolute atomic E-state index is 0.000880. The summed E-state index contributed by atoms with van der Waals surface area (Å²) in [4.78, 5) is 25.7. The summed E-state index contributed by atoms with van der Waals surface area (Å²) in [5.74, 6) is -0.189. The number of carbonyl (C=O) groups excluding carboxylic acids is 1. The zero-order chi connectivity index (χ0) is 66.2. The fourth-order valence-corrected chi connectivity index (χ4v) is 13.1. The van der Waals surface area contributed by atoms with Crippen molar-refractivity contribution in [3.05, 3.63) is 60.8 Å². The molecule has 2 N–H and O–H groups in total. The van der Waals surface area contributed by atoms with E-state index in [9.17, 15) is 19.4 Å². The van der Waals surface area contributed by atoms with Crippen molar-refractivity contribution >= 4 is 13.7 Å². The molecule has 0 radical (unpaired) electrons. The number of phosphoric ester groups is 1. The van der Waals surface area contributed by atoms with Crippen LogP contribution in [0.4, 0.5) is 0 Å². The number of aliphatic hydroxyl groups is 1. The predicted octanol–water partition coefficient (Wildman–Crippen LogP) is 25.7. The van der Waals surface area contributed by atoms with Gasteiger partial charge in [-0.3, -0.25) is 9.36 Å². The lowest BCUT2D eigenvalue weighted by molar-refractivity contribution is -0.870. The van der Waals surface area contributed by atoms with Crippen molar-refractivity contribution in [3.63, 3.8) is 0 Å². The van der Waals surface area contributed by atoms with Gasteiger partial charge in [0.15, 0.2) is 0 Å². The first-order valence-corrected chi connectivity index (χ1v) is 41.6. The van der Waals surface area contributed by atoms with Crippen molar-refractivity contribution in [1.82, 2.24) is 5.32 Å². The van der Waals surface area contributed by atoms with Crippen LogP contribution in [0.5, 0.6) is 0 Å². The van der Waals surface area contributed by atoms with Crippen molar-refractivity contribution in [2.45, 2.75) is 418 Å². The Morgan fingerprint density at radius 1 is 0.396 bits per heavy atom. The van der Waals surface area contributed by atoms with Gasteiger partial charge in [-0.2, -0.15) is 0 Å². The highest BCUT2D eigenvalue weighted by molar-refractivity contribution is 7.45. The molecule has 0 aromatic heterocycles. The van der Waals surface area contributed by atoms with Crippen molar-refractivity contribution in [1.29, 1.82) is 0 Å². The van der Waals surface area contributed by atoms with Gasteiger partial charge in [-0.15, -0.1) is 0 Å². The molecule has 1 amide bonds. The topological polar surface area (TPSA) is 108 Å². The van der Waals surface area contributed by atoms with E-state index in [1.807, 2.05) is 27.2 Å². The Hall–Kier alpha value is -1.80. The summed E-state index contributed by atoms with van der Waals surface area (Å²) < 4.78 is 23.5. The first-order valence-electron chi connectivity index (χ1n) is 40.2. The minimum atomic E-state index is -4.61. The quantitative estimate of drug-likeness (QED) is 0.0272. The van der Waals surface area contributed by atoms with Crippen LogP contribution in [0.1, 0.15) is 406 Å². The number of unbranched alkanes of at least 4 members (excludes halogenated alkanes) is 54. The standard InChI is InChI=1S/C82H157N2O6P/c1-6-8-10-12-14-16-18-20-22-24-26-28-30-32-34-36-38-39-40-41-42-43-44-45-46-48-50-52-54-56-58-60-62-64-66-68-70-72-74-76-82(86)83-80(79-90-91(87,88)89-78-77-84(3,4)5)81(85)75-73-71-69-67-65-63-61-59-57-55-53-51-49-47-37-35-33-31-29-27-25-23-21-19-17-15-13-11-9-7-2/h8,10,14,16,20,22,26,28,73,75,80-81,85H,6-7,9,11-13,15,17-19,21,23-25,27,29-72,74,76-79H2,1-5H3,(H-,83,86,87,88)/b10-8-,16-14-,22-20-,28-26-,75-73+. The third-order valence-corrected chi connectivity index (χ3v) is 19.4. The van der Waals surface area contributed by atoms with Gasteiger partial charge < -0.3 is 28.8 Å². The molecule has 0 aromatic rings. The Kier molecular flexibility index (Phi) is 71.0. The lowest BCUT2D eigenvalue weighted by Gasteiger charge is -2.29. The molecule has 0 bridgehead atoms. The Morgan fingerprint density at radius 3 is 0.978 bits per heavy atom. The SMILES string of the molecule is CC/C=C\C/C=C\C/C=C\C/C=C\CCCCCCCCCCCCCCCCCCCCCCCCCCCCC(=O)NC(COP(=O)([O-])OCC[N+](C)(C)C)C(O)/C=C/CCCCCCCCCCCCCCCCCCCCCCCCCCCCCC. The molecule has 0 saturated carbocycles. The number of quaternary nitrogens is 1. The van der Waals surface area contributed by atoms with Gasteiger partial charge in [0.05, 0.1) is 39.9 Å². The van der Waals surface area contributed by atoms with Crippen LogP contribution in [0.25, 0.3) is 0 Å². The molecule has 0 fully saturated rings. The highest BCUT2D eigenvalue weighted by Gasteiger charge is 2.23. The van der Waals surface area contributed by atoms with Crippen LogP contribution in [0, 0.1) is 0 Å². The molecule has 0 heterocycles. The van der Waals surface area contributed by atoms with Gasteiger partial charge in [0.2, 0.25) is 5.91 Å². The summed E-state index contributed by atoms with van der Waals surface area (Å²) in [6.07, 6.45) is 101. The lowest BCUT2D eigenvalue weighted by atomic mass is 10.0. The molecule has 8 nitrogen and oxygen atoms in total. The second kappa shape index (κ2) is 72.5. The van der Waals surface area contributed by atoms with Crippen LogP contribution in [0.15, 0.2) is 60.8 Å². The summed E-state index contributed by atoms with van der Waals surface area (Å²) in [6.45, 7) is 4.60. The normalized spacial score (nSPS) is 13.8. The summed E-state index contributed by atoms with van der Waals surface area (Å²) in [5.41, 5.74) is 0. The summed E-state index contributed by atoms with van der Waals surface area (Å²) >= 11 is 0. The number of rotatable bonds is 75. The molecule has 0 aliphatic carbocycles. The molecule has 0 saturated heterocycles. The summed E-state index contributed by atoms with van der Waals surface area (Å²) in [6, 6.07) is -0.888. The third kappa shape index (κ3) is 75.4. The average molecular weight is 1300 g/mol. The Labute approximate surface area is 568 Å². The van der Waals surface area contributed by atoms with Crippen LogP contribution in [-0.2, 0) is 18.4 Å². The number of likely N-dealkylation sites (N-methyl/N-ethyl adjacent to an activating group) is 1. The fraction of sp³-hybridized carbons (Fsp3) is 0.866. The smallest absolute Gasteiger partial charge is 0.268 e. The Balaban J connectivity index is 3.93. The van der Waals surface area contributed by atoms with E-state index >= 15 is 0 Å². The zero-order valence-corrected chi connectivity index (χ0v) is 62.5. The summed E-state index contributed by atoms with van der Waals surface area (Å²) in [5, 5.41) is 14.0. The molecule has 9 heteroatoms. The van der Waals surface area contributed by atoms with Crippen molar-refractivity contribution in [2.24, 2.45) is 0 Å².